The molecule has 0 amide bonds. The highest BCUT2D eigenvalue weighted by atomic mass is 19.1. The highest BCUT2D eigenvalue weighted by Gasteiger charge is 2.20. The van der Waals surface area contributed by atoms with Gasteiger partial charge in [0.2, 0.25) is 0 Å². The number of benzene rings is 1. The van der Waals surface area contributed by atoms with Gasteiger partial charge >= 0.3 is 0 Å². The Morgan fingerprint density at radius 3 is 2.78 bits per heavy atom. The van der Waals surface area contributed by atoms with Crippen LogP contribution in [0, 0.1) is 5.82 Å². The molecule has 0 saturated heterocycles. The molecule has 1 fully saturated rings. The van der Waals surface area contributed by atoms with E-state index >= 15 is 0 Å². The zero-order valence-corrected chi connectivity index (χ0v) is 10.8. The first-order chi connectivity index (χ1) is 8.74. The summed E-state index contributed by atoms with van der Waals surface area (Å²) in [7, 11) is 0. The first kappa shape index (κ1) is 13.3. The maximum absolute atomic E-state index is 14.0. The van der Waals surface area contributed by atoms with Crippen LogP contribution in [-0.2, 0) is 6.54 Å². The van der Waals surface area contributed by atoms with Gasteiger partial charge in [-0.05, 0) is 37.5 Å². The Morgan fingerprint density at radius 2 is 2.22 bits per heavy atom. The Labute approximate surface area is 108 Å². The third-order valence-electron chi connectivity index (χ3n) is 3.28. The lowest BCUT2D eigenvalue weighted by molar-refractivity contribution is 0.302. The number of aliphatic hydroxyl groups is 1. The fourth-order valence-corrected chi connectivity index (χ4v) is 2.04. The molecule has 3 nitrogen and oxygen atoms in total. The van der Waals surface area contributed by atoms with Crippen molar-refractivity contribution in [1.29, 1.82) is 0 Å². The average Bonchev–Trinajstić information content (AvgIpc) is 3.18. The van der Waals surface area contributed by atoms with Crippen molar-refractivity contribution < 1.29 is 9.50 Å². The van der Waals surface area contributed by atoms with Crippen LogP contribution in [0.15, 0.2) is 18.2 Å². The van der Waals surface area contributed by atoms with Crippen LogP contribution < -0.4 is 10.2 Å². The molecule has 2 rings (SSSR count). The molecular formula is C14H21FN2O. The number of rotatable bonds is 7. The number of hydrogen-bond acceptors (Lipinski definition) is 3. The van der Waals surface area contributed by atoms with Crippen molar-refractivity contribution in [2.75, 3.05) is 24.6 Å². The van der Waals surface area contributed by atoms with Gasteiger partial charge in [0.25, 0.3) is 0 Å². The number of hydrogen-bond donors (Lipinski definition) is 2. The van der Waals surface area contributed by atoms with E-state index in [2.05, 4.69) is 5.32 Å². The summed E-state index contributed by atoms with van der Waals surface area (Å²) in [5.74, 6) is -0.208. The van der Waals surface area contributed by atoms with Crippen molar-refractivity contribution in [2.45, 2.75) is 32.4 Å². The van der Waals surface area contributed by atoms with E-state index in [-0.39, 0.29) is 12.4 Å². The Morgan fingerprint density at radius 1 is 1.44 bits per heavy atom. The van der Waals surface area contributed by atoms with Crippen LogP contribution in [0.1, 0.15) is 25.3 Å². The molecule has 0 spiro atoms. The molecule has 1 aromatic rings. The lowest BCUT2D eigenvalue weighted by Crippen LogP contribution is -2.27. The third-order valence-corrected chi connectivity index (χ3v) is 3.28. The average molecular weight is 252 g/mol. The highest BCUT2D eigenvalue weighted by Crippen LogP contribution is 2.22. The molecular weight excluding hydrogens is 231 g/mol. The van der Waals surface area contributed by atoms with Crippen LogP contribution in [0.5, 0.6) is 0 Å². The van der Waals surface area contributed by atoms with E-state index in [1.54, 1.807) is 12.1 Å². The zero-order valence-electron chi connectivity index (χ0n) is 10.8. The number of nitrogens with one attached hydrogen (secondary N) is 1. The van der Waals surface area contributed by atoms with Gasteiger partial charge in [-0.25, -0.2) is 4.39 Å². The van der Waals surface area contributed by atoms with Gasteiger partial charge in [-0.1, -0.05) is 6.07 Å². The van der Waals surface area contributed by atoms with Crippen molar-refractivity contribution in [2.24, 2.45) is 0 Å². The second-order valence-corrected chi connectivity index (χ2v) is 4.74. The number of anilines is 1. The van der Waals surface area contributed by atoms with Crippen LogP contribution in [0.25, 0.3) is 0 Å². The zero-order chi connectivity index (χ0) is 13.0. The van der Waals surface area contributed by atoms with E-state index < -0.39 is 0 Å². The molecule has 0 aliphatic heterocycles. The lowest BCUT2D eigenvalue weighted by atomic mass is 10.1. The van der Waals surface area contributed by atoms with Crippen LogP contribution in [0.2, 0.25) is 0 Å². The fraction of sp³-hybridized carbons (Fsp3) is 0.571. The maximum Gasteiger partial charge on any atom is 0.146 e. The lowest BCUT2D eigenvalue weighted by Gasteiger charge is -2.22. The van der Waals surface area contributed by atoms with Crippen molar-refractivity contribution >= 4 is 5.69 Å². The second-order valence-electron chi connectivity index (χ2n) is 4.74. The number of halogens is 1. The minimum atomic E-state index is -0.208. The van der Waals surface area contributed by atoms with Gasteiger partial charge in [0.05, 0.1) is 12.3 Å². The van der Waals surface area contributed by atoms with Crippen LogP contribution in [0.3, 0.4) is 0 Å². The molecule has 100 valence electrons. The van der Waals surface area contributed by atoms with Crippen molar-refractivity contribution in [3.05, 3.63) is 29.6 Å². The molecule has 1 saturated carbocycles. The number of aliphatic hydroxyl groups excluding tert-OH is 1. The molecule has 1 aliphatic carbocycles. The van der Waals surface area contributed by atoms with Crippen LogP contribution >= 0.6 is 0 Å². The van der Waals surface area contributed by atoms with Gasteiger partial charge in [0.15, 0.2) is 0 Å². The first-order valence-corrected chi connectivity index (χ1v) is 6.62. The molecule has 2 N–H and O–H groups in total. The predicted molar refractivity (Wildman–Crippen MR) is 71.2 cm³/mol. The van der Waals surface area contributed by atoms with Crippen molar-refractivity contribution in [3.63, 3.8) is 0 Å². The molecule has 0 atom stereocenters. The van der Waals surface area contributed by atoms with Gasteiger partial charge in [0, 0.05) is 25.7 Å². The predicted octanol–water partition coefficient (Wildman–Crippen LogP) is 1.90. The molecule has 0 heterocycles. The number of likely N-dealkylation sites (N-methyl/N-ethyl adjacent to an activating group) is 1. The Bertz CT molecular complexity index is 393. The van der Waals surface area contributed by atoms with Gasteiger partial charge in [-0.15, -0.1) is 0 Å². The van der Waals surface area contributed by atoms with Crippen molar-refractivity contribution in [3.8, 4) is 0 Å². The van der Waals surface area contributed by atoms with Crippen LogP contribution in [-0.4, -0.2) is 30.8 Å². The minimum Gasteiger partial charge on any atom is -0.395 e. The molecule has 0 aromatic heterocycles. The largest absolute Gasteiger partial charge is 0.395 e. The maximum atomic E-state index is 14.0. The van der Waals surface area contributed by atoms with Gasteiger partial charge in [-0.3, -0.25) is 0 Å². The van der Waals surface area contributed by atoms with Gasteiger partial charge in [0.1, 0.15) is 5.82 Å². The number of nitrogens with zero attached hydrogens (tertiary/aromatic N) is 1. The highest BCUT2D eigenvalue weighted by molar-refractivity contribution is 5.49. The summed E-state index contributed by atoms with van der Waals surface area (Å²) in [6.45, 7) is 3.88. The summed E-state index contributed by atoms with van der Waals surface area (Å²) in [5.41, 5.74) is 1.55. The molecule has 1 aromatic carbocycles. The van der Waals surface area contributed by atoms with E-state index in [0.717, 1.165) is 12.1 Å². The summed E-state index contributed by atoms with van der Waals surface area (Å²) in [6.07, 6.45) is 2.47. The van der Waals surface area contributed by atoms with E-state index in [4.69, 9.17) is 5.11 Å². The standard InChI is InChI=1S/C14H21FN2O/c1-2-17(7-8-18)14-6-3-11(9-13(14)15)10-16-12-4-5-12/h3,6,9,12,16,18H,2,4-5,7-8,10H2,1H3. The van der Waals surface area contributed by atoms with E-state index in [1.807, 2.05) is 17.9 Å². The Kier molecular flexibility index (Phi) is 4.55. The molecule has 4 heteroatoms. The topological polar surface area (TPSA) is 35.5 Å². The summed E-state index contributed by atoms with van der Waals surface area (Å²) in [5, 5.41) is 12.3. The van der Waals surface area contributed by atoms with Crippen LogP contribution in [0.4, 0.5) is 10.1 Å². The summed E-state index contributed by atoms with van der Waals surface area (Å²) >= 11 is 0. The summed E-state index contributed by atoms with van der Waals surface area (Å²) < 4.78 is 14.0. The summed E-state index contributed by atoms with van der Waals surface area (Å²) in [4.78, 5) is 1.84. The van der Waals surface area contributed by atoms with E-state index in [1.165, 1.54) is 12.8 Å². The van der Waals surface area contributed by atoms with Crippen molar-refractivity contribution in [1.82, 2.24) is 5.32 Å². The first-order valence-electron chi connectivity index (χ1n) is 6.62. The SMILES string of the molecule is CCN(CCO)c1ccc(CNC2CC2)cc1F. The fourth-order valence-electron chi connectivity index (χ4n) is 2.04. The summed E-state index contributed by atoms with van der Waals surface area (Å²) in [6, 6.07) is 5.98. The third kappa shape index (κ3) is 3.43. The van der Waals surface area contributed by atoms with Gasteiger partial charge < -0.3 is 15.3 Å². The molecule has 0 unspecified atom stereocenters. The normalized spacial score (nSPS) is 14.8. The molecule has 0 radical (unpaired) electrons. The van der Waals surface area contributed by atoms with E-state index in [9.17, 15) is 4.39 Å². The Hall–Kier alpha value is -1.13. The second kappa shape index (κ2) is 6.16. The monoisotopic (exact) mass is 252 g/mol. The molecule has 0 bridgehead atoms. The molecule has 1 aliphatic rings. The molecule has 18 heavy (non-hydrogen) atoms. The smallest absolute Gasteiger partial charge is 0.146 e. The quantitative estimate of drug-likeness (QED) is 0.778. The van der Waals surface area contributed by atoms with Gasteiger partial charge in [-0.2, -0.15) is 0 Å². The minimum absolute atomic E-state index is 0.0399. The van der Waals surface area contributed by atoms with E-state index in [0.29, 0.717) is 24.8 Å². The Balaban J connectivity index is 2.02.